The van der Waals surface area contributed by atoms with Crippen molar-refractivity contribution in [3.8, 4) is 0 Å². The second-order valence-electron chi connectivity index (χ2n) is 1.74. The van der Waals surface area contributed by atoms with Gasteiger partial charge in [-0.25, -0.2) is 9.37 Å². The molecule has 0 saturated heterocycles. The maximum Gasteiger partial charge on any atom is 0.249 e. The summed E-state index contributed by atoms with van der Waals surface area (Å²) < 4.78 is 24.8. The van der Waals surface area contributed by atoms with Gasteiger partial charge >= 0.3 is 0 Å². The Labute approximate surface area is 65.8 Å². The van der Waals surface area contributed by atoms with Gasteiger partial charge in [0.2, 0.25) is 5.95 Å². The van der Waals surface area contributed by atoms with Gasteiger partial charge in [0.25, 0.3) is 0 Å². The number of pyridine rings is 1. The molecular formula is C6H2ClF2NO. The number of hydrogen-bond donors (Lipinski definition) is 0. The molecule has 0 spiro atoms. The quantitative estimate of drug-likeness (QED) is 0.484. The van der Waals surface area contributed by atoms with E-state index in [9.17, 15) is 13.6 Å². The number of aromatic nitrogens is 1. The lowest BCUT2D eigenvalue weighted by Gasteiger charge is -1.96. The van der Waals surface area contributed by atoms with Crippen LogP contribution >= 0.6 is 11.6 Å². The first-order chi connectivity index (χ1) is 5.16. The Morgan fingerprint density at radius 2 is 2.18 bits per heavy atom. The van der Waals surface area contributed by atoms with Crippen LogP contribution in [-0.2, 0) is 0 Å². The van der Waals surface area contributed by atoms with Gasteiger partial charge in [0.15, 0.2) is 12.1 Å². The monoisotopic (exact) mass is 177 g/mol. The summed E-state index contributed by atoms with van der Waals surface area (Å²) in [5.74, 6) is -2.64. The minimum absolute atomic E-state index is 0.141. The number of hydrogen-bond acceptors (Lipinski definition) is 2. The van der Waals surface area contributed by atoms with Gasteiger partial charge in [-0.3, -0.25) is 4.79 Å². The predicted molar refractivity (Wildman–Crippen MR) is 34.6 cm³/mol. The minimum atomic E-state index is -1.32. The fourth-order valence-electron chi connectivity index (χ4n) is 0.564. The molecule has 11 heavy (non-hydrogen) atoms. The highest BCUT2D eigenvalue weighted by molar-refractivity contribution is 6.32. The highest BCUT2D eigenvalue weighted by atomic mass is 35.5. The first kappa shape index (κ1) is 8.07. The van der Waals surface area contributed by atoms with E-state index in [-0.39, 0.29) is 11.3 Å². The Balaban J connectivity index is 3.40. The molecule has 0 radical (unpaired) electrons. The number of carbonyl (C=O) groups is 1. The first-order valence-corrected chi connectivity index (χ1v) is 2.99. The van der Waals surface area contributed by atoms with E-state index in [0.29, 0.717) is 0 Å². The van der Waals surface area contributed by atoms with Gasteiger partial charge in [-0.05, 0) is 0 Å². The van der Waals surface area contributed by atoms with Gasteiger partial charge in [-0.2, -0.15) is 4.39 Å². The molecule has 0 atom stereocenters. The first-order valence-electron chi connectivity index (χ1n) is 2.61. The van der Waals surface area contributed by atoms with Gasteiger partial charge < -0.3 is 0 Å². The second-order valence-corrected chi connectivity index (χ2v) is 2.15. The lowest BCUT2D eigenvalue weighted by molar-refractivity contribution is 0.111. The molecule has 1 rings (SSSR count). The van der Waals surface area contributed by atoms with E-state index in [1.807, 2.05) is 0 Å². The van der Waals surface area contributed by atoms with E-state index in [4.69, 9.17) is 11.6 Å². The van der Waals surface area contributed by atoms with Gasteiger partial charge in [-0.15, -0.1) is 0 Å². The van der Waals surface area contributed by atoms with Crippen molar-refractivity contribution in [2.24, 2.45) is 0 Å². The molecule has 1 aromatic heterocycles. The third-order valence-corrected chi connectivity index (χ3v) is 1.39. The third kappa shape index (κ3) is 1.35. The van der Waals surface area contributed by atoms with E-state index in [1.54, 1.807) is 0 Å². The van der Waals surface area contributed by atoms with Crippen molar-refractivity contribution in [2.45, 2.75) is 0 Å². The van der Waals surface area contributed by atoms with Crippen LogP contribution in [0, 0.1) is 11.8 Å². The highest BCUT2D eigenvalue weighted by Crippen LogP contribution is 2.16. The topological polar surface area (TPSA) is 30.0 Å². The fourth-order valence-corrected chi connectivity index (χ4v) is 0.740. The summed E-state index contributed by atoms with van der Waals surface area (Å²) in [5, 5.41) is -0.195. The molecule has 0 aliphatic carbocycles. The standard InChI is InChI=1S/C6H2ClF2NO/c7-4-1-10-6(9)5(8)3(4)2-11/h1-2H. The Kier molecular flexibility index (Phi) is 2.14. The molecule has 0 bridgehead atoms. The zero-order chi connectivity index (χ0) is 8.43. The molecule has 1 heterocycles. The van der Waals surface area contributed by atoms with Crippen LogP contribution in [0.4, 0.5) is 8.78 Å². The largest absolute Gasteiger partial charge is 0.298 e. The molecular weight excluding hydrogens is 176 g/mol. The van der Waals surface area contributed by atoms with Gasteiger partial charge in [0, 0.05) is 6.20 Å². The van der Waals surface area contributed by atoms with Crippen LogP contribution < -0.4 is 0 Å². The maximum atomic E-state index is 12.5. The molecule has 0 aromatic carbocycles. The molecule has 1 aromatic rings. The van der Waals surface area contributed by atoms with E-state index >= 15 is 0 Å². The normalized spacial score (nSPS) is 9.73. The summed E-state index contributed by atoms with van der Waals surface area (Å²) in [6.07, 6.45) is 1.02. The van der Waals surface area contributed by atoms with Crippen LogP contribution in [0.25, 0.3) is 0 Å². The summed E-state index contributed by atoms with van der Waals surface area (Å²) in [7, 11) is 0. The average molecular weight is 178 g/mol. The number of carbonyl (C=O) groups excluding carboxylic acids is 1. The number of aldehydes is 1. The lowest BCUT2D eigenvalue weighted by atomic mass is 10.3. The van der Waals surface area contributed by atoms with Crippen LogP contribution in [0.5, 0.6) is 0 Å². The van der Waals surface area contributed by atoms with E-state index in [0.717, 1.165) is 6.20 Å². The SMILES string of the molecule is O=Cc1c(Cl)cnc(F)c1F. The van der Waals surface area contributed by atoms with E-state index in [1.165, 1.54) is 0 Å². The molecule has 0 aliphatic rings. The van der Waals surface area contributed by atoms with Crippen LogP contribution in [0.3, 0.4) is 0 Å². The van der Waals surface area contributed by atoms with Crippen molar-refractivity contribution >= 4 is 17.9 Å². The Morgan fingerprint density at radius 3 is 2.64 bits per heavy atom. The Hall–Kier alpha value is -1.03. The molecule has 0 N–H and O–H groups in total. The summed E-state index contributed by atoms with van der Waals surface area (Å²) in [6, 6.07) is 0. The van der Waals surface area contributed by atoms with Crippen LogP contribution in [-0.4, -0.2) is 11.3 Å². The number of nitrogens with zero attached hydrogens (tertiary/aromatic N) is 1. The van der Waals surface area contributed by atoms with Crippen molar-refractivity contribution in [1.82, 2.24) is 4.98 Å². The van der Waals surface area contributed by atoms with Gasteiger partial charge in [0.05, 0.1) is 10.6 Å². The predicted octanol–water partition coefficient (Wildman–Crippen LogP) is 1.83. The molecule has 5 heteroatoms. The van der Waals surface area contributed by atoms with Crippen LogP contribution in [0.15, 0.2) is 6.20 Å². The minimum Gasteiger partial charge on any atom is -0.298 e. The summed E-state index contributed by atoms with van der Waals surface area (Å²) in [4.78, 5) is 13.0. The van der Waals surface area contributed by atoms with E-state index < -0.39 is 17.3 Å². The Bertz CT molecular complexity index is 303. The molecule has 0 amide bonds. The molecule has 0 aliphatic heterocycles. The molecule has 2 nitrogen and oxygen atoms in total. The highest BCUT2D eigenvalue weighted by Gasteiger charge is 2.11. The molecule has 58 valence electrons. The summed E-state index contributed by atoms with van der Waals surface area (Å²) in [5.41, 5.74) is -0.501. The van der Waals surface area contributed by atoms with Crippen LogP contribution in [0.1, 0.15) is 10.4 Å². The summed E-state index contributed by atoms with van der Waals surface area (Å²) >= 11 is 5.30. The number of rotatable bonds is 1. The van der Waals surface area contributed by atoms with E-state index in [2.05, 4.69) is 4.98 Å². The smallest absolute Gasteiger partial charge is 0.249 e. The molecule has 0 saturated carbocycles. The molecule has 0 unspecified atom stereocenters. The average Bonchev–Trinajstić information content (AvgIpc) is 1.99. The fraction of sp³-hybridized carbons (Fsp3) is 0. The second kappa shape index (κ2) is 2.92. The maximum absolute atomic E-state index is 12.5. The summed E-state index contributed by atoms with van der Waals surface area (Å²) in [6.45, 7) is 0. The van der Waals surface area contributed by atoms with Crippen molar-refractivity contribution < 1.29 is 13.6 Å². The van der Waals surface area contributed by atoms with Gasteiger partial charge in [-0.1, -0.05) is 11.6 Å². The lowest BCUT2D eigenvalue weighted by Crippen LogP contribution is -1.96. The van der Waals surface area contributed by atoms with Crippen molar-refractivity contribution in [1.29, 1.82) is 0 Å². The van der Waals surface area contributed by atoms with Crippen LogP contribution in [0.2, 0.25) is 5.02 Å². The zero-order valence-electron chi connectivity index (χ0n) is 5.14. The third-order valence-electron chi connectivity index (χ3n) is 1.08. The number of halogens is 3. The van der Waals surface area contributed by atoms with Crippen molar-refractivity contribution in [2.75, 3.05) is 0 Å². The zero-order valence-corrected chi connectivity index (χ0v) is 5.90. The van der Waals surface area contributed by atoms with Gasteiger partial charge in [0.1, 0.15) is 0 Å². The molecule has 0 fully saturated rings. The Morgan fingerprint density at radius 1 is 1.55 bits per heavy atom. The van der Waals surface area contributed by atoms with Crippen molar-refractivity contribution in [3.63, 3.8) is 0 Å². The van der Waals surface area contributed by atoms with Crippen molar-refractivity contribution in [3.05, 3.63) is 28.5 Å².